The third-order valence-electron chi connectivity index (χ3n) is 10.1. The lowest BCUT2D eigenvalue weighted by Gasteiger charge is -2.70. The van der Waals surface area contributed by atoms with E-state index in [4.69, 9.17) is 35.9 Å². The monoisotopic (exact) mass is 512 g/mol. The summed E-state index contributed by atoms with van der Waals surface area (Å²) >= 11 is 7.05. The first-order valence-corrected chi connectivity index (χ1v) is 14.1. The minimum Gasteiger partial charge on any atom is -0.469 e. The largest absolute Gasteiger partial charge is 0.469 e. The molecule has 34 heavy (non-hydrogen) atoms. The van der Waals surface area contributed by atoms with Crippen LogP contribution in [0.15, 0.2) is 0 Å². The molecule has 6 rings (SSSR count). The predicted molar refractivity (Wildman–Crippen MR) is 130 cm³/mol. The van der Waals surface area contributed by atoms with E-state index in [2.05, 4.69) is 13.8 Å². The molecular weight excluding hydrogens is 476 g/mol. The topological polar surface area (TPSA) is 80.3 Å². The number of hydrogen-bond donors (Lipinski definition) is 0. The Morgan fingerprint density at radius 2 is 1.94 bits per heavy atom. The highest BCUT2D eigenvalue weighted by Gasteiger charge is 2.96. The van der Waals surface area contributed by atoms with Crippen LogP contribution >= 0.6 is 24.0 Å². The van der Waals surface area contributed by atoms with Gasteiger partial charge in [0.2, 0.25) is 10.2 Å². The molecule has 0 radical (unpaired) electrons. The minimum absolute atomic E-state index is 0.178. The van der Waals surface area contributed by atoms with Crippen molar-refractivity contribution < 1.29 is 33.3 Å². The summed E-state index contributed by atoms with van der Waals surface area (Å²) in [7, 11) is 2.82. The van der Waals surface area contributed by atoms with Crippen molar-refractivity contribution in [3.63, 3.8) is 0 Å². The second-order valence-electron chi connectivity index (χ2n) is 10.7. The van der Waals surface area contributed by atoms with Crippen LogP contribution in [-0.2, 0) is 33.3 Å². The fourth-order valence-electron chi connectivity index (χ4n) is 9.22. The zero-order valence-corrected chi connectivity index (χ0v) is 22.4. The Kier molecular flexibility index (Phi) is 6.06. The molecule has 2 aliphatic heterocycles. The van der Waals surface area contributed by atoms with Crippen molar-refractivity contribution in [3.8, 4) is 0 Å². The second kappa shape index (κ2) is 8.32. The van der Waals surface area contributed by atoms with Crippen molar-refractivity contribution >= 4 is 40.3 Å². The molecule has 4 saturated carbocycles. The normalized spacial score (nSPS) is 47.4. The summed E-state index contributed by atoms with van der Waals surface area (Å²) in [5.41, 5.74) is -2.54. The minimum atomic E-state index is -1.13. The Hall–Kier alpha value is -0.900. The maximum Gasteiger partial charge on any atom is 0.313 e. The zero-order valence-electron chi connectivity index (χ0n) is 20.7. The van der Waals surface area contributed by atoms with Gasteiger partial charge in [0.1, 0.15) is 0 Å². The summed E-state index contributed by atoms with van der Waals surface area (Å²) in [6.45, 7) is 5.24. The summed E-state index contributed by atoms with van der Waals surface area (Å²) in [4.78, 5) is 27.5. The number of esters is 2. The van der Waals surface area contributed by atoms with Gasteiger partial charge < -0.3 is 23.7 Å². The first kappa shape index (κ1) is 24.8. The number of rotatable bonds is 7. The van der Waals surface area contributed by atoms with E-state index in [9.17, 15) is 9.59 Å². The summed E-state index contributed by atoms with van der Waals surface area (Å²) in [5, 5.41) is 0. The van der Waals surface area contributed by atoms with Gasteiger partial charge in [-0.1, -0.05) is 38.5 Å². The number of hydrogen-bond acceptors (Lipinski definition) is 9. The van der Waals surface area contributed by atoms with Crippen LogP contribution in [0.4, 0.5) is 0 Å². The molecule has 2 saturated heterocycles. The molecule has 0 N–H and O–H groups in total. The van der Waals surface area contributed by atoms with Crippen LogP contribution in [-0.4, -0.2) is 61.4 Å². The van der Waals surface area contributed by atoms with Crippen LogP contribution in [0.5, 0.6) is 0 Å². The average Bonchev–Trinajstić information content (AvgIpc) is 3.24. The van der Waals surface area contributed by atoms with Gasteiger partial charge in [0.15, 0.2) is 5.60 Å². The molecule has 1 spiro atoms. The van der Waals surface area contributed by atoms with Gasteiger partial charge in [-0.3, -0.25) is 9.59 Å². The molecule has 0 aromatic rings. The Labute approximate surface area is 211 Å². The summed E-state index contributed by atoms with van der Waals surface area (Å²) < 4.78 is 31.5. The summed E-state index contributed by atoms with van der Waals surface area (Å²) in [5.74, 6) is -2.87. The standard InChI is InChI=1S/C25H36O7S2/c1-6-8-9-15-14-10-11-30-25-16(14)17(19(26)28-3)23(20(27)29-4)12-22(7-2,13-31-25)24(25,18(15)23)32-21(33)34-5/h14-18H,6-13H2,1-5H3/t14-,15-,16-,17+,18+,22+,23+,24-,25+/m1/s1. The third kappa shape index (κ3) is 2.55. The molecule has 6 aliphatic rings. The number of methoxy groups -OCH3 is 2. The molecule has 7 nitrogen and oxygen atoms in total. The maximum absolute atomic E-state index is 13.9. The molecule has 2 heterocycles. The van der Waals surface area contributed by atoms with Gasteiger partial charge in [0, 0.05) is 17.3 Å². The summed E-state index contributed by atoms with van der Waals surface area (Å²) in [6, 6.07) is 0. The van der Waals surface area contributed by atoms with E-state index < -0.39 is 28.1 Å². The van der Waals surface area contributed by atoms with E-state index in [1.54, 1.807) is 0 Å². The molecule has 6 fully saturated rings. The van der Waals surface area contributed by atoms with Crippen LogP contribution in [0.2, 0.25) is 0 Å². The van der Waals surface area contributed by atoms with Gasteiger partial charge in [0.25, 0.3) is 0 Å². The number of thioether (sulfide) groups is 1. The Morgan fingerprint density at radius 1 is 1.18 bits per heavy atom. The van der Waals surface area contributed by atoms with Crippen molar-refractivity contribution in [1.82, 2.24) is 0 Å². The predicted octanol–water partition coefficient (Wildman–Crippen LogP) is 3.97. The Bertz CT molecular complexity index is 896. The van der Waals surface area contributed by atoms with E-state index in [1.807, 2.05) is 6.26 Å². The maximum atomic E-state index is 13.9. The van der Waals surface area contributed by atoms with Gasteiger partial charge in [-0.05, 0) is 56.0 Å². The lowest BCUT2D eigenvalue weighted by Crippen LogP contribution is -2.82. The van der Waals surface area contributed by atoms with E-state index in [0.717, 1.165) is 32.1 Å². The molecule has 0 amide bonds. The lowest BCUT2D eigenvalue weighted by atomic mass is 9.38. The molecule has 9 atom stereocenters. The van der Waals surface area contributed by atoms with Crippen LogP contribution in [0, 0.1) is 40.4 Å². The Balaban J connectivity index is 1.85. The number of carbonyl (C=O) groups excluding carboxylic acids is 2. The van der Waals surface area contributed by atoms with Gasteiger partial charge in [-0.2, -0.15) is 0 Å². The van der Waals surface area contributed by atoms with Gasteiger partial charge in [-0.25, -0.2) is 0 Å². The van der Waals surface area contributed by atoms with Crippen LogP contribution in [0.25, 0.3) is 0 Å². The second-order valence-corrected chi connectivity index (χ2v) is 12.1. The van der Waals surface area contributed by atoms with Gasteiger partial charge in [0.05, 0.1) is 38.8 Å². The van der Waals surface area contributed by atoms with Crippen LogP contribution in [0.3, 0.4) is 0 Å². The van der Waals surface area contributed by atoms with Crippen molar-refractivity contribution in [1.29, 1.82) is 0 Å². The van der Waals surface area contributed by atoms with E-state index in [-0.39, 0.29) is 35.6 Å². The summed E-state index contributed by atoms with van der Waals surface area (Å²) in [6.07, 6.45) is 6.95. The molecular formula is C25H36O7S2. The van der Waals surface area contributed by atoms with E-state index in [0.29, 0.717) is 24.0 Å². The van der Waals surface area contributed by atoms with E-state index in [1.165, 1.54) is 26.0 Å². The van der Waals surface area contributed by atoms with Crippen molar-refractivity contribution in [2.75, 3.05) is 33.7 Å². The van der Waals surface area contributed by atoms with Crippen LogP contribution < -0.4 is 0 Å². The third-order valence-corrected chi connectivity index (χ3v) is 11.1. The molecule has 9 heteroatoms. The smallest absolute Gasteiger partial charge is 0.313 e. The molecule has 190 valence electrons. The van der Waals surface area contributed by atoms with Crippen LogP contribution in [0.1, 0.15) is 52.4 Å². The highest BCUT2D eigenvalue weighted by molar-refractivity contribution is 8.22. The van der Waals surface area contributed by atoms with Gasteiger partial charge >= 0.3 is 11.9 Å². The van der Waals surface area contributed by atoms with Crippen molar-refractivity contribution in [2.45, 2.75) is 63.8 Å². The molecule has 6 bridgehead atoms. The van der Waals surface area contributed by atoms with E-state index >= 15 is 0 Å². The van der Waals surface area contributed by atoms with Crippen molar-refractivity contribution in [2.24, 2.45) is 40.4 Å². The SMILES string of the molecule is CCCC[C@@H]1[C@H]2CCO[C@]34OC[C@]5(CC)C[C@](C(=O)OC)([C@H](C(=O)OC)[C@@H]23)[C@H]1[C@@]54OC(=S)SC. The van der Waals surface area contributed by atoms with Crippen molar-refractivity contribution in [3.05, 3.63) is 0 Å². The number of carbonyl (C=O) groups is 2. The fraction of sp³-hybridized carbons (Fsp3) is 0.880. The fourth-order valence-corrected chi connectivity index (χ4v) is 9.56. The highest BCUT2D eigenvalue weighted by Crippen LogP contribution is 2.85. The number of thiocarbonyl (C=S) groups is 1. The lowest BCUT2D eigenvalue weighted by molar-refractivity contribution is -0.409. The van der Waals surface area contributed by atoms with Gasteiger partial charge in [-0.15, -0.1) is 0 Å². The number of unbranched alkanes of at least 4 members (excludes halogenated alkanes) is 1. The molecule has 0 aromatic carbocycles. The first-order valence-electron chi connectivity index (χ1n) is 12.5. The first-order chi connectivity index (χ1) is 16.3. The molecule has 0 aromatic heterocycles. The quantitative estimate of drug-likeness (QED) is 0.372. The average molecular weight is 513 g/mol. The molecule has 0 unspecified atom stereocenters. The number of ether oxygens (including phenoxy) is 5. The molecule has 4 aliphatic carbocycles. The zero-order chi connectivity index (χ0) is 24.5. The Morgan fingerprint density at radius 3 is 2.56 bits per heavy atom. The highest BCUT2D eigenvalue weighted by atomic mass is 32.2.